The van der Waals surface area contributed by atoms with E-state index in [4.69, 9.17) is 4.74 Å². The molecule has 104 valence electrons. The summed E-state index contributed by atoms with van der Waals surface area (Å²) >= 11 is 3.21. The van der Waals surface area contributed by atoms with Gasteiger partial charge in [-0.3, -0.25) is 15.1 Å². The first kappa shape index (κ1) is 13.5. The minimum Gasteiger partial charge on any atom is -0.448 e. The van der Waals surface area contributed by atoms with Crippen LogP contribution in [-0.2, 0) is 0 Å². The van der Waals surface area contributed by atoms with E-state index in [1.807, 2.05) is 24.3 Å². The number of ether oxygens (including phenoxy) is 1. The predicted octanol–water partition coefficient (Wildman–Crippen LogP) is 4.70. The van der Waals surface area contributed by atoms with E-state index < -0.39 is 4.92 Å². The molecule has 0 radical (unpaired) electrons. The molecule has 0 amide bonds. The van der Waals surface area contributed by atoms with Crippen LogP contribution >= 0.6 is 15.9 Å². The molecule has 0 N–H and O–H groups in total. The molecule has 3 aromatic rings. The molecule has 0 fully saturated rings. The summed E-state index contributed by atoms with van der Waals surface area (Å²) in [6, 6.07) is 14.0. The number of hydrogen-bond donors (Lipinski definition) is 0. The lowest BCUT2D eigenvalue weighted by Crippen LogP contribution is -1.94. The summed E-state index contributed by atoms with van der Waals surface area (Å²) in [5.41, 5.74) is 0.743. The van der Waals surface area contributed by atoms with Crippen LogP contribution < -0.4 is 4.74 Å². The summed E-state index contributed by atoms with van der Waals surface area (Å²) < 4.78 is 6.23. The van der Waals surface area contributed by atoms with Gasteiger partial charge in [0.25, 0.3) is 0 Å². The molecular weight excluding hydrogens is 336 g/mol. The topological polar surface area (TPSA) is 65.3 Å². The van der Waals surface area contributed by atoms with Crippen molar-refractivity contribution >= 4 is 32.5 Å². The van der Waals surface area contributed by atoms with Crippen LogP contribution in [-0.4, -0.2) is 9.91 Å². The molecule has 0 atom stereocenters. The third kappa shape index (κ3) is 2.85. The molecule has 0 saturated heterocycles. The van der Waals surface area contributed by atoms with Gasteiger partial charge in [0.1, 0.15) is 5.75 Å². The van der Waals surface area contributed by atoms with Gasteiger partial charge in [-0.05, 0) is 24.3 Å². The summed E-state index contributed by atoms with van der Waals surface area (Å²) in [7, 11) is 0. The molecule has 5 nitrogen and oxygen atoms in total. The number of nitrogens with zero attached hydrogens (tertiary/aromatic N) is 2. The molecule has 6 heteroatoms. The Bertz CT molecular complexity index is 836. The van der Waals surface area contributed by atoms with E-state index in [2.05, 4.69) is 20.9 Å². The molecular formula is C15H9BrN2O3. The van der Waals surface area contributed by atoms with Crippen LogP contribution in [0.5, 0.6) is 11.5 Å². The van der Waals surface area contributed by atoms with Gasteiger partial charge in [0.05, 0.1) is 16.6 Å². The average Bonchev–Trinajstić information content (AvgIpc) is 2.49. The largest absolute Gasteiger partial charge is 0.448 e. The molecule has 0 spiro atoms. The van der Waals surface area contributed by atoms with Crippen molar-refractivity contribution in [2.75, 3.05) is 0 Å². The number of pyridine rings is 1. The normalized spacial score (nSPS) is 10.5. The highest BCUT2D eigenvalue weighted by Gasteiger charge is 2.16. The summed E-state index contributed by atoms with van der Waals surface area (Å²) in [5.74, 6) is 0.638. The number of fused-ring (bicyclic) bond motifs is 1. The Morgan fingerprint density at radius 2 is 1.95 bits per heavy atom. The summed E-state index contributed by atoms with van der Waals surface area (Å²) in [6.45, 7) is 0. The number of nitro benzene ring substituents is 1. The van der Waals surface area contributed by atoms with Crippen molar-refractivity contribution in [1.82, 2.24) is 4.98 Å². The third-order valence-electron chi connectivity index (χ3n) is 2.91. The van der Waals surface area contributed by atoms with E-state index >= 15 is 0 Å². The van der Waals surface area contributed by atoms with Crippen LogP contribution in [0.2, 0.25) is 0 Å². The molecule has 0 saturated carbocycles. The predicted molar refractivity (Wildman–Crippen MR) is 82.6 cm³/mol. The van der Waals surface area contributed by atoms with Gasteiger partial charge >= 0.3 is 5.69 Å². The first-order chi connectivity index (χ1) is 10.1. The smallest absolute Gasteiger partial charge is 0.312 e. The monoisotopic (exact) mass is 344 g/mol. The highest BCUT2D eigenvalue weighted by molar-refractivity contribution is 9.10. The summed E-state index contributed by atoms with van der Waals surface area (Å²) in [4.78, 5) is 14.9. The van der Waals surface area contributed by atoms with Crippen molar-refractivity contribution in [2.45, 2.75) is 0 Å². The van der Waals surface area contributed by atoms with E-state index in [0.29, 0.717) is 10.2 Å². The Balaban J connectivity index is 2.00. The second kappa shape index (κ2) is 5.49. The van der Waals surface area contributed by atoms with Crippen LogP contribution in [0, 0.1) is 10.1 Å². The van der Waals surface area contributed by atoms with Crippen LogP contribution in [0.3, 0.4) is 0 Å². The molecule has 1 heterocycles. The van der Waals surface area contributed by atoms with Gasteiger partial charge in [-0.25, -0.2) is 0 Å². The van der Waals surface area contributed by atoms with E-state index in [1.54, 1.807) is 24.4 Å². The third-order valence-corrected chi connectivity index (χ3v) is 3.40. The second-order valence-corrected chi connectivity index (χ2v) is 5.25. The maximum Gasteiger partial charge on any atom is 0.312 e. The maximum absolute atomic E-state index is 11.1. The number of halogens is 1. The van der Waals surface area contributed by atoms with Crippen molar-refractivity contribution in [3.05, 3.63) is 69.3 Å². The number of benzene rings is 2. The number of para-hydroxylation sites is 1. The summed E-state index contributed by atoms with van der Waals surface area (Å²) in [5, 5.41) is 12.0. The van der Waals surface area contributed by atoms with Crippen LogP contribution in [0.15, 0.2) is 59.2 Å². The van der Waals surface area contributed by atoms with Gasteiger partial charge in [0, 0.05) is 15.9 Å². The first-order valence-electron chi connectivity index (χ1n) is 6.10. The Morgan fingerprint density at radius 1 is 1.14 bits per heavy atom. The quantitative estimate of drug-likeness (QED) is 0.510. The zero-order valence-electron chi connectivity index (χ0n) is 10.7. The number of aromatic nitrogens is 1. The van der Waals surface area contributed by atoms with Gasteiger partial charge in [-0.15, -0.1) is 0 Å². The van der Waals surface area contributed by atoms with Crippen LogP contribution in [0.1, 0.15) is 0 Å². The molecule has 0 bridgehead atoms. The summed E-state index contributed by atoms with van der Waals surface area (Å²) in [6.07, 6.45) is 1.55. The molecule has 0 aliphatic rings. The molecule has 3 rings (SSSR count). The fraction of sp³-hybridized carbons (Fsp3) is 0. The highest BCUT2D eigenvalue weighted by Crippen LogP contribution is 2.34. The van der Waals surface area contributed by atoms with Crippen molar-refractivity contribution in [3.63, 3.8) is 0 Å². The van der Waals surface area contributed by atoms with Gasteiger partial charge in [0.15, 0.2) is 0 Å². The molecule has 0 aliphatic heterocycles. The minimum absolute atomic E-state index is 0.0995. The number of rotatable bonds is 3. The minimum atomic E-state index is -0.478. The second-order valence-electron chi connectivity index (χ2n) is 4.33. The molecule has 21 heavy (non-hydrogen) atoms. The molecule has 1 aromatic heterocycles. The maximum atomic E-state index is 11.1. The Labute approximate surface area is 128 Å². The van der Waals surface area contributed by atoms with Gasteiger partial charge < -0.3 is 4.74 Å². The molecule has 0 unspecified atom stereocenters. The fourth-order valence-electron chi connectivity index (χ4n) is 1.95. The van der Waals surface area contributed by atoms with E-state index in [0.717, 1.165) is 10.9 Å². The van der Waals surface area contributed by atoms with Gasteiger partial charge in [0.2, 0.25) is 5.75 Å². The van der Waals surface area contributed by atoms with E-state index in [1.165, 1.54) is 6.07 Å². The molecule has 2 aromatic carbocycles. The lowest BCUT2D eigenvalue weighted by molar-refractivity contribution is -0.385. The first-order valence-corrected chi connectivity index (χ1v) is 6.89. The fourth-order valence-corrected chi connectivity index (χ4v) is 2.30. The van der Waals surface area contributed by atoms with Crippen molar-refractivity contribution in [3.8, 4) is 11.5 Å². The molecule has 0 aliphatic carbocycles. The Hall–Kier alpha value is -2.47. The lowest BCUT2D eigenvalue weighted by atomic mass is 10.2. The lowest BCUT2D eigenvalue weighted by Gasteiger charge is -2.07. The average molecular weight is 345 g/mol. The zero-order chi connectivity index (χ0) is 14.8. The zero-order valence-corrected chi connectivity index (χ0v) is 12.3. The van der Waals surface area contributed by atoms with E-state index in [-0.39, 0.29) is 11.4 Å². The Morgan fingerprint density at radius 3 is 2.76 bits per heavy atom. The standard InChI is InChI=1S/C15H9BrN2O3/c16-11-5-6-15(14(8-11)18(19)20)21-12-7-10-3-1-2-4-13(10)17-9-12/h1-9H. The van der Waals surface area contributed by atoms with Crippen molar-refractivity contribution < 1.29 is 9.66 Å². The highest BCUT2D eigenvalue weighted by atomic mass is 79.9. The van der Waals surface area contributed by atoms with Crippen LogP contribution in [0.25, 0.3) is 10.9 Å². The van der Waals surface area contributed by atoms with Gasteiger partial charge in [-0.1, -0.05) is 34.1 Å². The van der Waals surface area contributed by atoms with E-state index in [9.17, 15) is 10.1 Å². The SMILES string of the molecule is O=[N+]([O-])c1cc(Br)ccc1Oc1cnc2ccccc2c1. The van der Waals surface area contributed by atoms with Crippen LogP contribution in [0.4, 0.5) is 5.69 Å². The Kier molecular flexibility index (Phi) is 3.53. The van der Waals surface area contributed by atoms with Gasteiger partial charge in [-0.2, -0.15) is 0 Å². The van der Waals surface area contributed by atoms with Crippen molar-refractivity contribution in [1.29, 1.82) is 0 Å². The number of nitro groups is 1. The number of hydrogen-bond acceptors (Lipinski definition) is 4. The van der Waals surface area contributed by atoms with Crippen molar-refractivity contribution in [2.24, 2.45) is 0 Å².